The second-order valence-corrected chi connectivity index (χ2v) is 7.92. The highest BCUT2D eigenvalue weighted by atomic mass is 16.5. The number of nitriles is 1. The molecule has 1 unspecified atom stereocenters. The second kappa shape index (κ2) is 5.95. The summed E-state index contributed by atoms with van der Waals surface area (Å²) < 4.78 is 9.68. The third kappa shape index (κ3) is 2.54. The molecule has 2 N–H and O–H groups in total. The lowest BCUT2D eigenvalue weighted by Gasteiger charge is -2.25. The van der Waals surface area contributed by atoms with E-state index in [-0.39, 0.29) is 11.8 Å². The molecule has 6 rings (SSSR count). The van der Waals surface area contributed by atoms with Crippen LogP contribution in [0.2, 0.25) is 0 Å². The van der Waals surface area contributed by atoms with E-state index >= 15 is 0 Å². The Hall–Kier alpha value is -3.60. The number of allylic oxidation sites excluding steroid dienone is 1. The van der Waals surface area contributed by atoms with Gasteiger partial charge in [-0.3, -0.25) is 0 Å². The average Bonchev–Trinajstić information content (AvgIpc) is 3.68. The van der Waals surface area contributed by atoms with Gasteiger partial charge in [0.25, 0.3) is 0 Å². The smallest absolute Gasteiger partial charge is 0.224 e. The molecular formula is C21H19N7O. The van der Waals surface area contributed by atoms with Crippen LogP contribution >= 0.6 is 0 Å². The summed E-state index contributed by atoms with van der Waals surface area (Å²) in [4.78, 5) is 0. The highest BCUT2D eigenvalue weighted by Crippen LogP contribution is 2.53. The Morgan fingerprint density at radius 2 is 1.93 bits per heavy atom. The minimum atomic E-state index is -0.267. The number of nitrogens with zero attached hydrogens (tertiary/aromatic N) is 6. The van der Waals surface area contributed by atoms with Gasteiger partial charge in [0.05, 0.1) is 41.3 Å². The molecule has 3 aromatic rings. The van der Waals surface area contributed by atoms with Gasteiger partial charge in [-0.25, -0.2) is 9.36 Å². The molecule has 1 atom stereocenters. The Morgan fingerprint density at radius 3 is 2.55 bits per heavy atom. The topological polar surface area (TPSA) is 108 Å². The first-order valence-electron chi connectivity index (χ1n) is 9.91. The first kappa shape index (κ1) is 16.4. The number of benzene rings is 1. The van der Waals surface area contributed by atoms with E-state index in [4.69, 9.17) is 15.6 Å². The Morgan fingerprint density at radius 1 is 1.14 bits per heavy atom. The fraction of sp³-hybridized carbons (Fsp3) is 0.333. The van der Waals surface area contributed by atoms with Crippen LogP contribution in [0, 0.1) is 11.3 Å². The summed E-state index contributed by atoms with van der Waals surface area (Å²) in [6.45, 7) is 0. The van der Waals surface area contributed by atoms with E-state index in [0.717, 1.165) is 54.1 Å². The Bertz CT molecular complexity index is 1160. The van der Waals surface area contributed by atoms with Crippen molar-refractivity contribution in [2.75, 3.05) is 0 Å². The van der Waals surface area contributed by atoms with E-state index in [9.17, 15) is 5.26 Å². The molecule has 0 radical (unpaired) electrons. The molecule has 2 aliphatic carbocycles. The first-order valence-corrected chi connectivity index (χ1v) is 9.91. The van der Waals surface area contributed by atoms with Gasteiger partial charge in [0.1, 0.15) is 11.6 Å². The van der Waals surface area contributed by atoms with Crippen molar-refractivity contribution in [1.29, 1.82) is 5.26 Å². The molecule has 1 aliphatic heterocycles. The largest absolute Gasteiger partial charge is 0.422 e. The molecule has 0 amide bonds. The molecule has 2 saturated carbocycles. The third-order valence-electron chi connectivity index (χ3n) is 5.87. The Balaban J connectivity index is 1.50. The highest BCUT2D eigenvalue weighted by Gasteiger charge is 2.43. The molecule has 3 aliphatic rings. The summed E-state index contributed by atoms with van der Waals surface area (Å²) in [6, 6.07) is 10.7. The standard InChI is InChI=1S/C21H19N7O/c22-11-16-17(12-3-5-14(6-4-12)27-10-9-24-26-27)18-19(13-1-2-13)25-28(15-7-8-15)21(18)29-20(16)23/h3-6,9-10,13,15,17H,1-2,7-8,23H2. The predicted octanol–water partition coefficient (Wildman–Crippen LogP) is 2.89. The normalized spacial score (nSPS) is 20.9. The van der Waals surface area contributed by atoms with Crippen LogP contribution in [-0.4, -0.2) is 24.8 Å². The van der Waals surface area contributed by atoms with E-state index in [1.54, 1.807) is 17.1 Å². The van der Waals surface area contributed by atoms with Gasteiger partial charge in [0, 0.05) is 5.92 Å². The molecule has 0 bridgehead atoms. The number of rotatable bonds is 4. The summed E-state index contributed by atoms with van der Waals surface area (Å²) in [5, 5.41) is 22.7. The van der Waals surface area contributed by atoms with Crippen LogP contribution in [-0.2, 0) is 0 Å². The minimum Gasteiger partial charge on any atom is -0.422 e. The first-order chi connectivity index (χ1) is 14.2. The maximum Gasteiger partial charge on any atom is 0.224 e. The van der Waals surface area contributed by atoms with Crippen LogP contribution in [0.1, 0.15) is 60.4 Å². The molecule has 2 aromatic heterocycles. The Labute approximate surface area is 167 Å². The fourth-order valence-electron chi connectivity index (χ4n) is 4.11. The molecule has 8 nitrogen and oxygen atoms in total. The summed E-state index contributed by atoms with van der Waals surface area (Å²) in [6.07, 6.45) is 7.91. The predicted molar refractivity (Wildman–Crippen MR) is 103 cm³/mol. The van der Waals surface area contributed by atoms with E-state index in [1.807, 2.05) is 28.9 Å². The van der Waals surface area contributed by atoms with E-state index < -0.39 is 0 Å². The monoisotopic (exact) mass is 385 g/mol. The van der Waals surface area contributed by atoms with Crippen molar-refractivity contribution in [2.45, 2.75) is 43.6 Å². The number of nitrogens with two attached hydrogens (primary N) is 1. The molecule has 1 aromatic carbocycles. The lowest BCUT2D eigenvalue weighted by Crippen LogP contribution is -2.22. The lowest BCUT2D eigenvalue weighted by molar-refractivity contribution is 0.347. The van der Waals surface area contributed by atoms with Crippen molar-refractivity contribution in [3.05, 3.63) is 64.9 Å². The number of fused-ring (bicyclic) bond motifs is 1. The van der Waals surface area contributed by atoms with Gasteiger partial charge in [-0.05, 0) is 43.4 Å². The average molecular weight is 385 g/mol. The maximum absolute atomic E-state index is 9.88. The number of hydrogen-bond donors (Lipinski definition) is 1. The van der Waals surface area contributed by atoms with Gasteiger partial charge in [0.2, 0.25) is 11.8 Å². The van der Waals surface area contributed by atoms with Gasteiger partial charge in [-0.1, -0.05) is 17.3 Å². The number of aromatic nitrogens is 5. The minimum absolute atomic E-state index is 0.175. The van der Waals surface area contributed by atoms with Crippen LogP contribution in [0.15, 0.2) is 48.1 Å². The van der Waals surface area contributed by atoms with Crippen molar-refractivity contribution >= 4 is 0 Å². The summed E-state index contributed by atoms with van der Waals surface area (Å²) in [5.74, 6) is 1.07. The second-order valence-electron chi connectivity index (χ2n) is 7.92. The molecule has 8 heteroatoms. The van der Waals surface area contributed by atoms with Gasteiger partial charge in [-0.15, -0.1) is 5.10 Å². The summed E-state index contributed by atoms with van der Waals surface area (Å²) in [7, 11) is 0. The van der Waals surface area contributed by atoms with Crippen molar-refractivity contribution in [3.8, 4) is 17.6 Å². The van der Waals surface area contributed by atoms with Crippen molar-refractivity contribution in [1.82, 2.24) is 24.8 Å². The number of hydrogen-bond acceptors (Lipinski definition) is 6. The molecule has 2 fully saturated rings. The van der Waals surface area contributed by atoms with Gasteiger partial charge >= 0.3 is 0 Å². The zero-order chi connectivity index (χ0) is 19.5. The van der Waals surface area contributed by atoms with Crippen molar-refractivity contribution in [3.63, 3.8) is 0 Å². The van der Waals surface area contributed by atoms with Crippen LogP contribution in [0.3, 0.4) is 0 Å². The zero-order valence-corrected chi connectivity index (χ0v) is 15.7. The quantitative estimate of drug-likeness (QED) is 0.740. The molecule has 29 heavy (non-hydrogen) atoms. The van der Waals surface area contributed by atoms with Crippen LogP contribution in [0.25, 0.3) is 5.69 Å². The molecule has 144 valence electrons. The lowest BCUT2D eigenvalue weighted by atomic mass is 9.83. The molecule has 0 spiro atoms. The molecular weight excluding hydrogens is 366 g/mol. The molecule has 0 saturated heterocycles. The number of ether oxygens (including phenoxy) is 1. The van der Waals surface area contributed by atoms with Crippen molar-refractivity contribution < 1.29 is 4.74 Å². The van der Waals surface area contributed by atoms with Crippen LogP contribution in [0.4, 0.5) is 0 Å². The molecule has 3 heterocycles. The summed E-state index contributed by atoms with van der Waals surface area (Å²) in [5.41, 5.74) is 10.6. The van der Waals surface area contributed by atoms with Gasteiger partial charge < -0.3 is 10.5 Å². The fourth-order valence-corrected chi connectivity index (χ4v) is 4.11. The third-order valence-corrected chi connectivity index (χ3v) is 5.87. The van der Waals surface area contributed by atoms with Crippen LogP contribution < -0.4 is 10.5 Å². The Kier molecular flexibility index (Phi) is 3.36. The zero-order valence-electron chi connectivity index (χ0n) is 15.7. The van der Waals surface area contributed by atoms with Gasteiger partial charge in [-0.2, -0.15) is 10.4 Å². The van der Waals surface area contributed by atoms with E-state index in [1.165, 1.54) is 0 Å². The SMILES string of the molecule is N#CC1=C(N)Oc2c(c(C3CC3)nn2C2CC2)C1c1ccc(-n2ccnn2)cc1. The van der Waals surface area contributed by atoms with Crippen LogP contribution in [0.5, 0.6) is 5.88 Å². The van der Waals surface area contributed by atoms with E-state index in [0.29, 0.717) is 17.5 Å². The highest BCUT2D eigenvalue weighted by molar-refractivity contribution is 5.57. The van der Waals surface area contributed by atoms with E-state index in [2.05, 4.69) is 16.4 Å². The summed E-state index contributed by atoms with van der Waals surface area (Å²) >= 11 is 0. The van der Waals surface area contributed by atoms with Crippen molar-refractivity contribution in [2.24, 2.45) is 5.73 Å². The van der Waals surface area contributed by atoms with Gasteiger partial charge in [0.15, 0.2) is 0 Å². The maximum atomic E-state index is 9.88.